The number of nitrogens with one attached hydrogen (secondary N) is 1. The van der Waals surface area contributed by atoms with Crippen LogP contribution in [0.2, 0.25) is 0 Å². The Kier molecular flexibility index (Phi) is 6.92. The van der Waals surface area contributed by atoms with Crippen LogP contribution in [-0.4, -0.2) is 69.6 Å². The van der Waals surface area contributed by atoms with E-state index in [1.54, 1.807) is 29.5 Å². The Morgan fingerprint density at radius 1 is 1.19 bits per heavy atom. The molecule has 1 N–H and O–H groups in total. The first-order valence-corrected chi connectivity index (χ1v) is 12.6. The molecular weight excluding hydrogens is 475 g/mol. The summed E-state index contributed by atoms with van der Waals surface area (Å²) in [6.07, 6.45) is 3.46. The maximum Gasteiger partial charge on any atom is 0.325 e. The smallest absolute Gasteiger partial charge is 0.325 e. The molecule has 0 radical (unpaired) electrons. The van der Waals surface area contributed by atoms with Gasteiger partial charge in [0.2, 0.25) is 5.91 Å². The number of aryl methyl sites for hydroxylation is 1. The first kappa shape index (κ1) is 24.9. The summed E-state index contributed by atoms with van der Waals surface area (Å²) in [5.74, 6) is -0.867. The van der Waals surface area contributed by atoms with Crippen molar-refractivity contribution in [2.24, 2.45) is 7.05 Å². The van der Waals surface area contributed by atoms with Crippen molar-refractivity contribution in [3.8, 4) is 11.1 Å². The Bertz CT molecular complexity index is 1470. The van der Waals surface area contributed by atoms with Gasteiger partial charge in [-0.2, -0.15) is 10.2 Å². The quantitative estimate of drug-likeness (QED) is 0.387. The number of piperidine rings is 1. The van der Waals surface area contributed by atoms with E-state index in [4.69, 9.17) is 9.84 Å². The van der Waals surface area contributed by atoms with Crippen LogP contribution in [0.25, 0.3) is 32.9 Å². The fourth-order valence-electron chi connectivity index (χ4n) is 5.10. The fraction of sp³-hybridized carbons (Fsp3) is 0.407. The SMILES string of the molecule is CCOC(=O)CN(C)C(=O)Cn1nc(C2CCNCC2)c2c(-c3cc4c(cnn4C)cc3F)cccc21. The third kappa shape index (κ3) is 4.81. The number of benzene rings is 2. The predicted octanol–water partition coefficient (Wildman–Crippen LogP) is 3.22. The van der Waals surface area contributed by atoms with Gasteiger partial charge in [0, 0.05) is 36.3 Å². The molecule has 1 saturated heterocycles. The van der Waals surface area contributed by atoms with Crippen molar-refractivity contribution in [1.82, 2.24) is 29.8 Å². The first-order chi connectivity index (χ1) is 17.9. The van der Waals surface area contributed by atoms with Gasteiger partial charge in [-0.3, -0.25) is 19.0 Å². The lowest BCUT2D eigenvalue weighted by molar-refractivity contribution is -0.148. The van der Waals surface area contributed by atoms with Crippen molar-refractivity contribution in [3.63, 3.8) is 0 Å². The van der Waals surface area contributed by atoms with Crippen molar-refractivity contribution in [1.29, 1.82) is 0 Å². The summed E-state index contributed by atoms with van der Waals surface area (Å²) in [6.45, 7) is 3.56. The highest BCUT2D eigenvalue weighted by Gasteiger charge is 2.26. The van der Waals surface area contributed by atoms with E-state index in [1.165, 1.54) is 11.0 Å². The van der Waals surface area contributed by atoms with Crippen LogP contribution in [0.4, 0.5) is 4.39 Å². The van der Waals surface area contributed by atoms with Crippen LogP contribution in [-0.2, 0) is 27.9 Å². The lowest BCUT2D eigenvalue weighted by Gasteiger charge is -2.21. The Morgan fingerprint density at radius 2 is 1.97 bits per heavy atom. The van der Waals surface area contributed by atoms with Crippen LogP contribution in [0.1, 0.15) is 31.4 Å². The number of rotatable bonds is 7. The molecule has 0 spiro atoms. The van der Waals surface area contributed by atoms with Gasteiger partial charge < -0.3 is 15.0 Å². The minimum atomic E-state index is -0.456. The molecule has 5 rings (SSSR count). The molecule has 3 heterocycles. The summed E-state index contributed by atoms with van der Waals surface area (Å²) in [4.78, 5) is 26.2. The molecular formula is C27H31FN6O3. The molecule has 2 aromatic carbocycles. The second-order valence-electron chi connectivity index (χ2n) is 9.48. The maximum atomic E-state index is 15.4. The van der Waals surface area contributed by atoms with Crippen molar-refractivity contribution < 1.29 is 18.7 Å². The zero-order valence-corrected chi connectivity index (χ0v) is 21.3. The standard InChI is InChI=1S/C27H31FN6O3/c1-4-37-25(36)16-32(2)24(35)15-34-22-7-5-6-19(26(22)27(31-34)17-8-10-29-11-9-17)20-13-23-18(12-21(20)28)14-30-33(23)3/h5-7,12-14,17,29H,4,8-11,15-16H2,1-3H3. The largest absolute Gasteiger partial charge is 0.465 e. The average Bonchev–Trinajstić information content (AvgIpc) is 3.44. The van der Waals surface area contributed by atoms with E-state index in [0.717, 1.165) is 59.0 Å². The molecule has 1 amide bonds. The molecule has 0 bridgehead atoms. The summed E-state index contributed by atoms with van der Waals surface area (Å²) in [5.41, 5.74) is 3.68. The number of esters is 1. The second-order valence-corrected chi connectivity index (χ2v) is 9.48. The number of halogens is 1. The van der Waals surface area contributed by atoms with E-state index >= 15 is 4.39 Å². The normalized spacial score (nSPS) is 14.4. The van der Waals surface area contributed by atoms with Crippen LogP contribution in [0.15, 0.2) is 36.5 Å². The zero-order valence-electron chi connectivity index (χ0n) is 21.3. The maximum absolute atomic E-state index is 15.4. The third-order valence-electron chi connectivity index (χ3n) is 7.04. The van der Waals surface area contributed by atoms with Crippen molar-refractivity contribution in [2.45, 2.75) is 32.2 Å². The number of carbonyl (C=O) groups excluding carboxylic acids is 2. The molecule has 37 heavy (non-hydrogen) atoms. The highest BCUT2D eigenvalue weighted by atomic mass is 19.1. The predicted molar refractivity (Wildman–Crippen MR) is 139 cm³/mol. The van der Waals surface area contributed by atoms with Crippen LogP contribution >= 0.6 is 0 Å². The Hall–Kier alpha value is -3.79. The molecule has 10 heteroatoms. The number of likely N-dealkylation sites (N-methyl/N-ethyl adjacent to an activating group) is 1. The summed E-state index contributed by atoms with van der Waals surface area (Å²) in [6, 6.07) is 9.03. The van der Waals surface area contributed by atoms with Crippen LogP contribution in [0.3, 0.4) is 0 Å². The molecule has 0 saturated carbocycles. The lowest BCUT2D eigenvalue weighted by atomic mass is 9.89. The number of carbonyl (C=O) groups is 2. The van der Waals surface area contributed by atoms with E-state index in [-0.39, 0.29) is 37.3 Å². The molecule has 194 valence electrons. The Balaban J connectivity index is 1.60. The van der Waals surface area contributed by atoms with E-state index < -0.39 is 5.97 Å². The zero-order chi connectivity index (χ0) is 26.1. The molecule has 1 aliphatic rings. The number of hydrogen-bond donors (Lipinski definition) is 1. The van der Waals surface area contributed by atoms with Gasteiger partial charge in [0.15, 0.2) is 0 Å². The van der Waals surface area contributed by atoms with Crippen molar-refractivity contribution in [3.05, 3.63) is 48.0 Å². The van der Waals surface area contributed by atoms with Gasteiger partial charge in [-0.25, -0.2) is 4.39 Å². The summed E-state index contributed by atoms with van der Waals surface area (Å²) in [7, 11) is 3.41. The number of nitrogens with zero attached hydrogens (tertiary/aromatic N) is 5. The highest BCUT2D eigenvalue weighted by molar-refractivity contribution is 6.00. The van der Waals surface area contributed by atoms with Crippen molar-refractivity contribution in [2.75, 3.05) is 33.3 Å². The molecule has 0 atom stereocenters. The number of amides is 1. The molecule has 0 unspecified atom stereocenters. The second kappa shape index (κ2) is 10.3. The van der Waals surface area contributed by atoms with Gasteiger partial charge >= 0.3 is 5.97 Å². The topological polar surface area (TPSA) is 94.3 Å². The number of ether oxygens (including phenoxy) is 1. The minimum absolute atomic E-state index is 0.0376. The molecule has 2 aromatic heterocycles. The van der Waals surface area contributed by atoms with Gasteiger partial charge in [0.25, 0.3) is 0 Å². The highest BCUT2D eigenvalue weighted by Crippen LogP contribution is 2.39. The van der Waals surface area contributed by atoms with Gasteiger partial charge in [0.1, 0.15) is 18.9 Å². The number of aromatic nitrogens is 4. The van der Waals surface area contributed by atoms with Crippen molar-refractivity contribution >= 4 is 33.7 Å². The van der Waals surface area contributed by atoms with Crippen LogP contribution in [0.5, 0.6) is 0 Å². The number of fused-ring (bicyclic) bond motifs is 2. The average molecular weight is 507 g/mol. The first-order valence-electron chi connectivity index (χ1n) is 12.6. The third-order valence-corrected chi connectivity index (χ3v) is 7.04. The fourth-order valence-corrected chi connectivity index (χ4v) is 5.10. The lowest BCUT2D eigenvalue weighted by Crippen LogP contribution is -2.35. The Labute approximate surface area is 214 Å². The van der Waals surface area contributed by atoms with Gasteiger partial charge in [-0.15, -0.1) is 0 Å². The van der Waals surface area contributed by atoms with Gasteiger partial charge in [-0.05, 0) is 56.6 Å². The molecule has 0 aliphatic carbocycles. The number of hydrogen-bond acceptors (Lipinski definition) is 6. The summed E-state index contributed by atoms with van der Waals surface area (Å²) in [5, 5.41) is 14.2. The molecule has 9 nitrogen and oxygen atoms in total. The van der Waals surface area contributed by atoms with E-state index in [0.29, 0.717) is 5.56 Å². The van der Waals surface area contributed by atoms with E-state index in [2.05, 4.69) is 10.4 Å². The Morgan fingerprint density at radius 3 is 2.73 bits per heavy atom. The minimum Gasteiger partial charge on any atom is -0.465 e. The molecule has 4 aromatic rings. The summed E-state index contributed by atoms with van der Waals surface area (Å²) >= 11 is 0. The monoisotopic (exact) mass is 506 g/mol. The van der Waals surface area contributed by atoms with E-state index in [9.17, 15) is 9.59 Å². The van der Waals surface area contributed by atoms with Gasteiger partial charge in [0.05, 0.1) is 29.5 Å². The van der Waals surface area contributed by atoms with Gasteiger partial charge in [-0.1, -0.05) is 12.1 Å². The van der Waals surface area contributed by atoms with Crippen LogP contribution in [0, 0.1) is 5.82 Å². The van der Waals surface area contributed by atoms with E-state index in [1.807, 2.05) is 31.3 Å². The molecule has 1 aliphatic heterocycles. The summed E-state index contributed by atoms with van der Waals surface area (Å²) < 4.78 is 23.8. The van der Waals surface area contributed by atoms with Crippen LogP contribution < -0.4 is 5.32 Å². The molecule has 1 fully saturated rings.